The molecule has 1 N–H and O–H groups in total. The maximum Gasteiger partial charge on any atom is 0.159 e. The van der Waals surface area contributed by atoms with Crippen LogP contribution >= 0.6 is 0 Å². The van der Waals surface area contributed by atoms with Crippen molar-refractivity contribution in [2.24, 2.45) is 5.41 Å². The van der Waals surface area contributed by atoms with Gasteiger partial charge in [-0.05, 0) is 31.1 Å². The molecule has 0 unspecified atom stereocenters. The highest BCUT2D eigenvalue weighted by atomic mass is 15.0. The average molecular weight is 279 g/mol. The maximum absolute atomic E-state index is 4.48. The fraction of sp³-hybridized carbons (Fsp3) is 0.444. The number of hydrogen-bond donors (Lipinski definition) is 1. The van der Waals surface area contributed by atoms with Crippen molar-refractivity contribution in [1.82, 2.24) is 15.3 Å². The van der Waals surface area contributed by atoms with E-state index < -0.39 is 0 Å². The summed E-state index contributed by atoms with van der Waals surface area (Å²) >= 11 is 0. The van der Waals surface area contributed by atoms with Crippen molar-refractivity contribution in [2.75, 3.05) is 0 Å². The number of hydrogen-bond acceptors (Lipinski definition) is 3. The van der Waals surface area contributed by atoms with Crippen LogP contribution in [0.2, 0.25) is 0 Å². The molecule has 0 atom stereocenters. The highest BCUT2D eigenvalue weighted by molar-refractivity contribution is 5.53. The van der Waals surface area contributed by atoms with Crippen molar-refractivity contribution in [2.45, 2.75) is 44.7 Å². The molecular formula is C18H21N3. The molecule has 108 valence electrons. The fourth-order valence-corrected chi connectivity index (χ4v) is 3.66. The van der Waals surface area contributed by atoms with Gasteiger partial charge in [-0.3, -0.25) is 0 Å². The van der Waals surface area contributed by atoms with E-state index in [-0.39, 0.29) is 0 Å². The molecule has 1 aromatic heterocycles. The van der Waals surface area contributed by atoms with Gasteiger partial charge in [-0.1, -0.05) is 36.8 Å². The predicted molar refractivity (Wildman–Crippen MR) is 83.6 cm³/mol. The standard InChI is InChI=1S/C18H21N3/c1-2-5-15(6-3-1)17-20-12-14(13-21-17)11-19-16-9-18(10-16)7-4-8-18/h1-3,5-6,12-13,16,19H,4,7-11H2. The molecule has 21 heavy (non-hydrogen) atoms. The van der Waals surface area contributed by atoms with Gasteiger partial charge < -0.3 is 5.32 Å². The molecule has 0 radical (unpaired) electrons. The molecule has 0 amide bonds. The van der Waals surface area contributed by atoms with Gasteiger partial charge in [0.2, 0.25) is 0 Å². The van der Waals surface area contributed by atoms with E-state index in [9.17, 15) is 0 Å². The van der Waals surface area contributed by atoms with Crippen LogP contribution < -0.4 is 5.32 Å². The first-order chi connectivity index (χ1) is 10.3. The summed E-state index contributed by atoms with van der Waals surface area (Å²) in [6.45, 7) is 0.885. The van der Waals surface area contributed by atoms with Crippen LogP contribution in [0.3, 0.4) is 0 Å². The van der Waals surface area contributed by atoms with E-state index in [0.29, 0.717) is 6.04 Å². The van der Waals surface area contributed by atoms with Gasteiger partial charge in [0.15, 0.2) is 5.82 Å². The minimum atomic E-state index is 0.707. The first-order valence-electron chi connectivity index (χ1n) is 7.93. The summed E-state index contributed by atoms with van der Waals surface area (Å²) in [5.74, 6) is 0.802. The lowest BCUT2D eigenvalue weighted by molar-refractivity contribution is -0.00265. The molecule has 1 spiro atoms. The van der Waals surface area contributed by atoms with Crippen LogP contribution in [-0.2, 0) is 6.54 Å². The van der Waals surface area contributed by atoms with Crippen molar-refractivity contribution in [3.8, 4) is 11.4 Å². The predicted octanol–water partition coefficient (Wildman–Crippen LogP) is 3.57. The number of nitrogens with one attached hydrogen (secondary N) is 1. The average Bonchev–Trinajstić information content (AvgIpc) is 2.46. The van der Waals surface area contributed by atoms with Crippen LogP contribution in [-0.4, -0.2) is 16.0 Å². The van der Waals surface area contributed by atoms with Crippen molar-refractivity contribution in [3.05, 3.63) is 48.3 Å². The van der Waals surface area contributed by atoms with Crippen LogP contribution in [0.5, 0.6) is 0 Å². The SMILES string of the molecule is c1ccc(-c2ncc(CNC3CC4(CCC4)C3)cn2)cc1. The Morgan fingerprint density at radius 2 is 1.76 bits per heavy atom. The van der Waals surface area contributed by atoms with Crippen LogP contribution in [0, 0.1) is 5.41 Å². The number of rotatable bonds is 4. The molecule has 0 bridgehead atoms. The Labute approximate surface area is 125 Å². The van der Waals surface area contributed by atoms with Gasteiger partial charge in [0, 0.05) is 36.1 Å². The van der Waals surface area contributed by atoms with Crippen LogP contribution in [0.15, 0.2) is 42.7 Å². The van der Waals surface area contributed by atoms with E-state index in [2.05, 4.69) is 15.3 Å². The summed E-state index contributed by atoms with van der Waals surface area (Å²) in [6.07, 6.45) is 11.0. The molecule has 3 heteroatoms. The van der Waals surface area contributed by atoms with Gasteiger partial charge in [-0.25, -0.2) is 9.97 Å². The van der Waals surface area contributed by atoms with E-state index in [0.717, 1.165) is 23.3 Å². The zero-order valence-electron chi connectivity index (χ0n) is 12.3. The molecular weight excluding hydrogens is 258 g/mol. The lowest BCUT2D eigenvalue weighted by atomic mass is 9.54. The summed E-state index contributed by atoms with van der Waals surface area (Å²) < 4.78 is 0. The zero-order chi connectivity index (χ0) is 14.1. The summed E-state index contributed by atoms with van der Waals surface area (Å²) in [5, 5.41) is 3.64. The van der Waals surface area contributed by atoms with Crippen molar-refractivity contribution < 1.29 is 0 Å². The Hall–Kier alpha value is -1.74. The molecule has 0 aliphatic heterocycles. The molecule has 3 nitrogen and oxygen atoms in total. The summed E-state index contributed by atoms with van der Waals surface area (Å²) in [6, 6.07) is 10.8. The second-order valence-electron chi connectivity index (χ2n) is 6.62. The zero-order valence-corrected chi connectivity index (χ0v) is 12.3. The fourth-order valence-electron chi connectivity index (χ4n) is 3.66. The van der Waals surface area contributed by atoms with Gasteiger partial charge >= 0.3 is 0 Å². The summed E-state index contributed by atoms with van der Waals surface area (Å²) in [4.78, 5) is 8.95. The highest BCUT2D eigenvalue weighted by Crippen LogP contribution is 2.55. The smallest absolute Gasteiger partial charge is 0.159 e. The summed E-state index contributed by atoms with van der Waals surface area (Å²) in [7, 11) is 0. The minimum absolute atomic E-state index is 0.707. The van der Waals surface area contributed by atoms with Crippen LogP contribution in [0.25, 0.3) is 11.4 Å². The minimum Gasteiger partial charge on any atom is -0.310 e. The van der Waals surface area contributed by atoms with Crippen molar-refractivity contribution >= 4 is 0 Å². The Balaban J connectivity index is 1.32. The monoisotopic (exact) mass is 279 g/mol. The first-order valence-corrected chi connectivity index (χ1v) is 7.93. The first kappa shape index (κ1) is 13.0. The van der Waals surface area contributed by atoms with E-state index in [1.54, 1.807) is 0 Å². The molecule has 2 saturated carbocycles. The Bertz CT molecular complexity index is 594. The summed E-state index contributed by atoms with van der Waals surface area (Å²) in [5.41, 5.74) is 2.98. The second kappa shape index (κ2) is 5.23. The van der Waals surface area contributed by atoms with Crippen molar-refractivity contribution in [3.63, 3.8) is 0 Å². The lowest BCUT2D eigenvalue weighted by Gasteiger charge is -2.54. The van der Waals surface area contributed by atoms with Crippen LogP contribution in [0.4, 0.5) is 0 Å². The molecule has 4 rings (SSSR count). The topological polar surface area (TPSA) is 37.8 Å². The lowest BCUT2D eigenvalue weighted by Crippen LogP contribution is -2.51. The molecule has 1 heterocycles. The van der Waals surface area contributed by atoms with E-state index >= 15 is 0 Å². The molecule has 0 saturated heterocycles. The molecule has 1 aromatic carbocycles. The number of benzene rings is 1. The van der Waals surface area contributed by atoms with Crippen molar-refractivity contribution in [1.29, 1.82) is 0 Å². The van der Waals surface area contributed by atoms with E-state index in [1.165, 1.54) is 37.7 Å². The third-order valence-electron chi connectivity index (χ3n) is 5.11. The largest absolute Gasteiger partial charge is 0.310 e. The highest BCUT2D eigenvalue weighted by Gasteiger charge is 2.47. The van der Waals surface area contributed by atoms with Gasteiger partial charge in [-0.2, -0.15) is 0 Å². The van der Waals surface area contributed by atoms with E-state index in [4.69, 9.17) is 0 Å². The molecule has 2 aliphatic rings. The normalized spacial score (nSPS) is 20.0. The maximum atomic E-state index is 4.48. The second-order valence-corrected chi connectivity index (χ2v) is 6.62. The number of nitrogens with zero attached hydrogens (tertiary/aromatic N) is 2. The number of aromatic nitrogens is 2. The van der Waals surface area contributed by atoms with Crippen LogP contribution in [0.1, 0.15) is 37.7 Å². The Kier molecular flexibility index (Phi) is 3.23. The Morgan fingerprint density at radius 1 is 1.05 bits per heavy atom. The molecule has 2 fully saturated rings. The quantitative estimate of drug-likeness (QED) is 0.929. The van der Waals surface area contributed by atoms with E-state index in [1.807, 2.05) is 42.7 Å². The Morgan fingerprint density at radius 3 is 2.38 bits per heavy atom. The van der Waals surface area contributed by atoms with Gasteiger partial charge in [-0.15, -0.1) is 0 Å². The van der Waals surface area contributed by atoms with Gasteiger partial charge in [0.25, 0.3) is 0 Å². The molecule has 2 aromatic rings. The third-order valence-corrected chi connectivity index (χ3v) is 5.11. The van der Waals surface area contributed by atoms with Gasteiger partial charge in [0.1, 0.15) is 0 Å². The van der Waals surface area contributed by atoms with Gasteiger partial charge in [0.05, 0.1) is 0 Å². The third kappa shape index (κ3) is 2.58. The molecule has 2 aliphatic carbocycles.